The van der Waals surface area contributed by atoms with Crippen molar-refractivity contribution >= 4 is 0 Å². The van der Waals surface area contributed by atoms with Gasteiger partial charge in [0, 0.05) is 5.56 Å². The van der Waals surface area contributed by atoms with E-state index in [2.05, 4.69) is 0 Å². The number of nitrogens with two attached hydrogens (primary N) is 1. The summed E-state index contributed by atoms with van der Waals surface area (Å²) in [5, 5.41) is 0. The molecule has 0 amide bonds. The molecule has 2 N–H and O–H groups in total. The summed E-state index contributed by atoms with van der Waals surface area (Å²) >= 11 is 0. The molecule has 0 bridgehead atoms. The molecular formula is C14H13F2N. The Morgan fingerprint density at radius 2 is 1.71 bits per heavy atom. The maximum absolute atomic E-state index is 13.7. The molecule has 0 saturated heterocycles. The zero-order chi connectivity index (χ0) is 12.5. The Bertz CT molecular complexity index is 535. The fourth-order valence-electron chi connectivity index (χ4n) is 1.85. The first-order chi connectivity index (χ1) is 8.01. The summed E-state index contributed by atoms with van der Waals surface area (Å²) in [6, 6.07) is 12.2. The monoisotopic (exact) mass is 233 g/mol. The lowest BCUT2D eigenvalue weighted by Gasteiger charge is -2.26. The Labute approximate surface area is 98.9 Å². The highest BCUT2D eigenvalue weighted by Crippen LogP contribution is 2.28. The predicted octanol–water partition coefficient (Wildman–Crippen LogP) is 3.19. The molecule has 2 aromatic carbocycles. The molecule has 88 valence electrons. The smallest absolute Gasteiger partial charge is 0.128 e. The molecule has 1 atom stereocenters. The molecule has 2 rings (SSSR count). The van der Waals surface area contributed by atoms with Crippen LogP contribution in [0.2, 0.25) is 0 Å². The van der Waals surface area contributed by atoms with Crippen molar-refractivity contribution in [1.82, 2.24) is 0 Å². The van der Waals surface area contributed by atoms with Crippen LogP contribution < -0.4 is 5.73 Å². The van der Waals surface area contributed by atoms with E-state index in [0.29, 0.717) is 11.1 Å². The summed E-state index contributed by atoms with van der Waals surface area (Å²) < 4.78 is 26.9. The van der Waals surface area contributed by atoms with E-state index < -0.39 is 5.54 Å². The lowest BCUT2D eigenvalue weighted by atomic mass is 9.85. The van der Waals surface area contributed by atoms with Crippen molar-refractivity contribution < 1.29 is 8.78 Å². The fraction of sp³-hybridized carbons (Fsp3) is 0.143. The summed E-state index contributed by atoms with van der Waals surface area (Å²) in [4.78, 5) is 0. The minimum Gasteiger partial charge on any atom is -0.318 e. The number of hydrogen-bond donors (Lipinski definition) is 1. The predicted molar refractivity (Wildman–Crippen MR) is 63.4 cm³/mol. The molecule has 0 saturated carbocycles. The molecule has 0 radical (unpaired) electrons. The minimum atomic E-state index is -1.05. The van der Waals surface area contributed by atoms with Crippen LogP contribution >= 0.6 is 0 Å². The van der Waals surface area contributed by atoms with E-state index in [9.17, 15) is 8.78 Å². The second-order valence-corrected chi connectivity index (χ2v) is 4.19. The Balaban J connectivity index is 2.53. The number of hydrogen-bond acceptors (Lipinski definition) is 1. The van der Waals surface area contributed by atoms with Crippen molar-refractivity contribution in [1.29, 1.82) is 0 Å². The van der Waals surface area contributed by atoms with Crippen LogP contribution in [-0.4, -0.2) is 0 Å². The molecule has 1 unspecified atom stereocenters. The summed E-state index contributed by atoms with van der Waals surface area (Å²) in [6.45, 7) is 1.67. The number of rotatable bonds is 2. The van der Waals surface area contributed by atoms with E-state index in [1.165, 1.54) is 18.2 Å². The molecule has 0 aliphatic rings. The average molecular weight is 233 g/mol. The summed E-state index contributed by atoms with van der Waals surface area (Å²) in [5.74, 6) is -0.766. The van der Waals surface area contributed by atoms with Gasteiger partial charge in [-0.25, -0.2) is 8.78 Å². The Morgan fingerprint density at radius 1 is 1.00 bits per heavy atom. The number of halogens is 2. The molecule has 3 heteroatoms. The van der Waals surface area contributed by atoms with Crippen molar-refractivity contribution in [3.05, 3.63) is 71.3 Å². The maximum atomic E-state index is 13.7. The van der Waals surface area contributed by atoms with Gasteiger partial charge in [-0.05, 0) is 30.7 Å². The van der Waals surface area contributed by atoms with E-state index in [4.69, 9.17) is 5.73 Å². The van der Waals surface area contributed by atoms with Crippen molar-refractivity contribution in [2.45, 2.75) is 12.5 Å². The molecule has 0 heterocycles. The molecule has 17 heavy (non-hydrogen) atoms. The van der Waals surface area contributed by atoms with Gasteiger partial charge in [0.15, 0.2) is 0 Å². The van der Waals surface area contributed by atoms with Gasteiger partial charge in [0.05, 0.1) is 5.54 Å². The second-order valence-electron chi connectivity index (χ2n) is 4.19. The first kappa shape index (κ1) is 11.7. The molecule has 0 aromatic heterocycles. The molecule has 2 aromatic rings. The summed E-state index contributed by atoms with van der Waals surface area (Å²) in [5.41, 5.74) is 5.97. The topological polar surface area (TPSA) is 26.0 Å². The second kappa shape index (κ2) is 4.26. The highest BCUT2D eigenvalue weighted by molar-refractivity contribution is 5.37. The number of benzene rings is 2. The third-order valence-electron chi connectivity index (χ3n) is 2.86. The van der Waals surface area contributed by atoms with Gasteiger partial charge in [0.1, 0.15) is 11.6 Å². The van der Waals surface area contributed by atoms with E-state index >= 15 is 0 Å². The normalized spacial score (nSPS) is 14.4. The van der Waals surface area contributed by atoms with Crippen LogP contribution in [-0.2, 0) is 5.54 Å². The maximum Gasteiger partial charge on any atom is 0.128 e. The molecule has 0 spiro atoms. The van der Waals surface area contributed by atoms with Gasteiger partial charge in [-0.3, -0.25) is 0 Å². The van der Waals surface area contributed by atoms with E-state index in [0.717, 1.165) is 0 Å². The highest BCUT2D eigenvalue weighted by Gasteiger charge is 2.26. The fourth-order valence-corrected chi connectivity index (χ4v) is 1.85. The highest BCUT2D eigenvalue weighted by atomic mass is 19.1. The standard InChI is InChI=1S/C14H13F2N/c1-14(17,10-5-4-6-11(15)9-10)12-7-2-3-8-13(12)16/h2-9H,17H2,1H3. The van der Waals surface area contributed by atoms with E-state index in [1.54, 1.807) is 37.3 Å². The van der Waals surface area contributed by atoms with Gasteiger partial charge in [0.25, 0.3) is 0 Å². The zero-order valence-corrected chi connectivity index (χ0v) is 9.45. The van der Waals surface area contributed by atoms with Crippen LogP contribution in [0.1, 0.15) is 18.1 Å². The van der Waals surface area contributed by atoms with E-state index in [1.807, 2.05) is 0 Å². The summed E-state index contributed by atoms with van der Waals surface area (Å²) in [6.07, 6.45) is 0. The van der Waals surface area contributed by atoms with Gasteiger partial charge in [-0.15, -0.1) is 0 Å². The van der Waals surface area contributed by atoms with Crippen LogP contribution in [0.5, 0.6) is 0 Å². The molecule has 1 nitrogen and oxygen atoms in total. The van der Waals surface area contributed by atoms with Crippen molar-refractivity contribution in [3.63, 3.8) is 0 Å². The quantitative estimate of drug-likeness (QED) is 0.847. The van der Waals surface area contributed by atoms with Crippen molar-refractivity contribution in [3.8, 4) is 0 Å². The lowest BCUT2D eigenvalue weighted by Crippen LogP contribution is -2.35. The molecule has 0 aliphatic carbocycles. The van der Waals surface area contributed by atoms with Crippen LogP contribution in [0.25, 0.3) is 0 Å². The molecule has 0 fully saturated rings. The Kier molecular flexibility index (Phi) is 2.94. The molecule has 0 aliphatic heterocycles. The third kappa shape index (κ3) is 2.19. The van der Waals surface area contributed by atoms with Gasteiger partial charge in [-0.2, -0.15) is 0 Å². The van der Waals surface area contributed by atoms with E-state index in [-0.39, 0.29) is 11.6 Å². The molecular weight excluding hydrogens is 220 g/mol. The summed E-state index contributed by atoms with van der Waals surface area (Å²) in [7, 11) is 0. The van der Waals surface area contributed by atoms with Crippen LogP contribution in [0.15, 0.2) is 48.5 Å². The largest absolute Gasteiger partial charge is 0.318 e. The first-order valence-corrected chi connectivity index (χ1v) is 5.32. The average Bonchev–Trinajstić information content (AvgIpc) is 2.29. The van der Waals surface area contributed by atoms with Crippen molar-refractivity contribution in [2.24, 2.45) is 5.73 Å². The lowest BCUT2D eigenvalue weighted by molar-refractivity contribution is 0.526. The Hall–Kier alpha value is -1.74. The van der Waals surface area contributed by atoms with Gasteiger partial charge >= 0.3 is 0 Å². The minimum absolute atomic E-state index is 0.352. The van der Waals surface area contributed by atoms with Crippen LogP contribution in [0, 0.1) is 11.6 Å². The first-order valence-electron chi connectivity index (χ1n) is 5.32. The van der Waals surface area contributed by atoms with Gasteiger partial charge in [-0.1, -0.05) is 30.3 Å². The zero-order valence-electron chi connectivity index (χ0n) is 9.45. The van der Waals surface area contributed by atoms with Crippen LogP contribution in [0.3, 0.4) is 0 Å². The Morgan fingerprint density at radius 3 is 2.35 bits per heavy atom. The van der Waals surface area contributed by atoms with Gasteiger partial charge in [0.2, 0.25) is 0 Å². The van der Waals surface area contributed by atoms with Gasteiger partial charge < -0.3 is 5.73 Å². The third-order valence-corrected chi connectivity index (χ3v) is 2.86. The SMILES string of the molecule is CC(N)(c1cccc(F)c1)c1ccccc1F. The van der Waals surface area contributed by atoms with Crippen LogP contribution in [0.4, 0.5) is 8.78 Å². The van der Waals surface area contributed by atoms with Crippen molar-refractivity contribution in [2.75, 3.05) is 0 Å².